The maximum atomic E-state index is 7.13. The van der Waals surface area contributed by atoms with Gasteiger partial charge in [-0.2, -0.15) is 0 Å². The van der Waals surface area contributed by atoms with Crippen molar-refractivity contribution in [2.75, 3.05) is 13.2 Å². The Morgan fingerprint density at radius 2 is 1.49 bits per heavy atom. The molecule has 4 heteroatoms. The summed E-state index contributed by atoms with van der Waals surface area (Å²) in [4.78, 5) is 0. The number of benzene rings is 2. The lowest BCUT2D eigenvalue weighted by atomic mass is 9.95. The second-order valence-corrected chi connectivity index (χ2v) is 15.9. The number of hydrogen-bond donors (Lipinski definition) is 0. The Hall–Kier alpha value is -1.46. The van der Waals surface area contributed by atoms with E-state index >= 15 is 0 Å². The molecule has 1 unspecified atom stereocenters. The third-order valence-electron chi connectivity index (χ3n) is 7.66. The molecule has 1 fully saturated rings. The third kappa shape index (κ3) is 7.52. The van der Waals surface area contributed by atoms with Crippen LogP contribution in [0, 0.1) is 11.8 Å². The fourth-order valence-corrected chi connectivity index (χ4v) is 10.0. The minimum absolute atomic E-state index is 0.0000217. The topological polar surface area (TPSA) is 27.7 Å². The molecule has 1 aliphatic heterocycles. The molecule has 1 saturated heterocycles. The zero-order valence-electron chi connectivity index (χ0n) is 23.0. The molecule has 3 rings (SSSR count). The van der Waals surface area contributed by atoms with E-state index in [0.29, 0.717) is 11.8 Å². The summed E-state index contributed by atoms with van der Waals surface area (Å²) >= 11 is 0. The number of rotatable bonds is 12. The lowest BCUT2D eigenvalue weighted by molar-refractivity contribution is -0.193. The van der Waals surface area contributed by atoms with E-state index in [1.54, 1.807) is 0 Å². The van der Waals surface area contributed by atoms with Crippen molar-refractivity contribution in [2.24, 2.45) is 11.8 Å². The predicted molar refractivity (Wildman–Crippen MR) is 150 cm³/mol. The van der Waals surface area contributed by atoms with Gasteiger partial charge in [0.05, 0.1) is 6.10 Å². The van der Waals surface area contributed by atoms with Crippen LogP contribution in [0.25, 0.3) is 0 Å². The minimum Gasteiger partial charge on any atom is -0.407 e. The molecular formula is C31H48O3Si. The average Bonchev–Trinajstić information content (AvgIpc) is 2.85. The Bertz CT molecular complexity index is 803. The van der Waals surface area contributed by atoms with Gasteiger partial charge in [-0.1, -0.05) is 102 Å². The normalized spacial score (nSPS) is 19.8. The molecule has 0 saturated carbocycles. The second kappa shape index (κ2) is 13.2. The molecule has 194 valence electrons. The molecule has 0 bridgehead atoms. The SMILES string of the molecule is C[C@H](CCC[C@H](C)[C@H](C)OC1CCCCO1)CO[Si](c1ccccc1)(c1ccccc1)C(C)(C)C. The molecule has 0 N–H and O–H groups in total. The fraction of sp³-hybridized carbons (Fsp3) is 0.613. The highest BCUT2D eigenvalue weighted by molar-refractivity contribution is 6.99. The van der Waals surface area contributed by atoms with E-state index in [2.05, 4.69) is 102 Å². The van der Waals surface area contributed by atoms with Gasteiger partial charge in [0.25, 0.3) is 8.32 Å². The molecule has 0 amide bonds. The van der Waals surface area contributed by atoms with Crippen LogP contribution in [0.15, 0.2) is 60.7 Å². The van der Waals surface area contributed by atoms with Crippen LogP contribution in [0.4, 0.5) is 0 Å². The highest BCUT2D eigenvalue weighted by Crippen LogP contribution is 2.37. The Morgan fingerprint density at radius 3 is 2.00 bits per heavy atom. The molecular weight excluding hydrogens is 448 g/mol. The predicted octanol–water partition coefficient (Wildman–Crippen LogP) is 6.94. The van der Waals surface area contributed by atoms with Crippen molar-refractivity contribution < 1.29 is 13.9 Å². The molecule has 1 heterocycles. The first kappa shape index (κ1) is 28.1. The minimum atomic E-state index is -2.45. The van der Waals surface area contributed by atoms with E-state index in [-0.39, 0.29) is 17.4 Å². The van der Waals surface area contributed by atoms with E-state index in [1.165, 1.54) is 36.1 Å². The van der Waals surface area contributed by atoms with Crippen LogP contribution in [-0.4, -0.2) is 33.9 Å². The van der Waals surface area contributed by atoms with Gasteiger partial charge in [0.15, 0.2) is 6.29 Å². The molecule has 4 atom stereocenters. The highest BCUT2D eigenvalue weighted by Gasteiger charge is 2.50. The summed E-state index contributed by atoms with van der Waals surface area (Å²) in [6.07, 6.45) is 7.21. The molecule has 3 nitrogen and oxygen atoms in total. The van der Waals surface area contributed by atoms with Crippen LogP contribution >= 0.6 is 0 Å². The zero-order valence-corrected chi connectivity index (χ0v) is 24.0. The van der Waals surface area contributed by atoms with Gasteiger partial charge in [0.1, 0.15) is 0 Å². The Morgan fingerprint density at radius 1 is 0.886 bits per heavy atom. The molecule has 35 heavy (non-hydrogen) atoms. The second-order valence-electron chi connectivity index (χ2n) is 11.6. The summed E-state index contributed by atoms with van der Waals surface area (Å²) in [6, 6.07) is 21.9. The van der Waals surface area contributed by atoms with E-state index in [9.17, 15) is 0 Å². The molecule has 2 aromatic rings. The molecule has 0 aromatic heterocycles. The summed E-state index contributed by atoms with van der Waals surface area (Å²) in [5.41, 5.74) is 0. The van der Waals surface area contributed by atoms with Crippen LogP contribution in [-0.2, 0) is 13.9 Å². The summed E-state index contributed by atoms with van der Waals surface area (Å²) in [5.74, 6) is 1.05. The molecule has 0 spiro atoms. The van der Waals surface area contributed by atoms with Crippen LogP contribution in [0.2, 0.25) is 5.04 Å². The Balaban J connectivity index is 1.59. The molecule has 1 aliphatic rings. The van der Waals surface area contributed by atoms with Gasteiger partial charge < -0.3 is 13.9 Å². The van der Waals surface area contributed by atoms with Crippen molar-refractivity contribution in [1.29, 1.82) is 0 Å². The first-order valence-corrected chi connectivity index (χ1v) is 15.7. The molecule has 0 aliphatic carbocycles. The first-order chi connectivity index (χ1) is 16.7. The Labute approximate surface area is 215 Å². The van der Waals surface area contributed by atoms with Crippen LogP contribution < -0.4 is 10.4 Å². The smallest absolute Gasteiger partial charge is 0.261 e. The van der Waals surface area contributed by atoms with Gasteiger partial charge in [-0.05, 0) is 66.3 Å². The standard InChI is InChI=1S/C31H48O3Si/c1-25(16-15-17-26(2)27(3)34-30-22-13-14-23-32-30)24-33-35(31(4,5)6,28-18-9-7-10-19-28)29-20-11-8-12-21-29/h7-12,18-21,25-27,30H,13-17,22-24H2,1-6H3/t25-,26+,27+,30?/m1/s1. The molecule has 0 radical (unpaired) electrons. The van der Waals surface area contributed by atoms with Gasteiger partial charge in [0.2, 0.25) is 0 Å². The van der Waals surface area contributed by atoms with Crippen molar-refractivity contribution in [3.8, 4) is 0 Å². The zero-order chi connectivity index (χ0) is 25.3. The van der Waals surface area contributed by atoms with Crippen molar-refractivity contribution in [3.63, 3.8) is 0 Å². The lowest BCUT2D eigenvalue weighted by Crippen LogP contribution is -2.66. The van der Waals surface area contributed by atoms with Gasteiger partial charge >= 0.3 is 0 Å². The average molecular weight is 497 g/mol. The summed E-state index contributed by atoms with van der Waals surface area (Å²) in [5, 5.41) is 2.74. The summed E-state index contributed by atoms with van der Waals surface area (Å²) in [7, 11) is -2.45. The number of hydrogen-bond acceptors (Lipinski definition) is 3. The van der Waals surface area contributed by atoms with Crippen LogP contribution in [0.1, 0.15) is 80.1 Å². The van der Waals surface area contributed by atoms with E-state index in [0.717, 1.165) is 26.1 Å². The summed E-state index contributed by atoms with van der Waals surface area (Å²) in [6.45, 7) is 15.6. The highest BCUT2D eigenvalue weighted by atomic mass is 28.4. The largest absolute Gasteiger partial charge is 0.407 e. The van der Waals surface area contributed by atoms with E-state index < -0.39 is 8.32 Å². The fourth-order valence-electron chi connectivity index (χ4n) is 5.33. The monoisotopic (exact) mass is 496 g/mol. The van der Waals surface area contributed by atoms with Crippen molar-refractivity contribution in [1.82, 2.24) is 0 Å². The van der Waals surface area contributed by atoms with Gasteiger partial charge in [-0.25, -0.2) is 0 Å². The maximum absolute atomic E-state index is 7.13. The Kier molecular flexibility index (Phi) is 10.6. The first-order valence-electron chi connectivity index (χ1n) is 13.8. The quantitative estimate of drug-likeness (QED) is 0.298. The van der Waals surface area contributed by atoms with Gasteiger partial charge in [-0.15, -0.1) is 0 Å². The van der Waals surface area contributed by atoms with E-state index in [1.807, 2.05) is 0 Å². The summed E-state index contributed by atoms with van der Waals surface area (Å²) < 4.78 is 19.1. The van der Waals surface area contributed by atoms with Gasteiger partial charge in [0, 0.05) is 13.2 Å². The third-order valence-corrected chi connectivity index (χ3v) is 12.7. The van der Waals surface area contributed by atoms with Crippen molar-refractivity contribution >= 4 is 18.7 Å². The van der Waals surface area contributed by atoms with Crippen molar-refractivity contribution in [3.05, 3.63) is 60.7 Å². The number of ether oxygens (including phenoxy) is 2. The van der Waals surface area contributed by atoms with Crippen LogP contribution in [0.5, 0.6) is 0 Å². The lowest BCUT2D eigenvalue weighted by Gasteiger charge is -2.43. The van der Waals surface area contributed by atoms with Gasteiger partial charge in [-0.3, -0.25) is 0 Å². The van der Waals surface area contributed by atoms with Crippen LogP contribution in [0.3, 0.4) is 0 Å². The van der Waals surface area contributed by atoms with E-state index in [4.69, 9.17) is 13.9 Å². The van der Waals surface area contributed by atoms with Crippen molar-refractivity contribution in [2.45, 2.75) is 97.5 Å². The molecule has 2 aromatic carbocycles. The maximum Gasteiger partial charge on any atom is 0.261 e.